The fraction of sp³-hybridized carbons (Fsp3) is 0.375. The van der Waals surface area contributed by atoms with Gasteiger partial charge in [0.15, 0.2) is 0 Å². The lowest BCUT2D eigenvalue weighted by Gasteiger charge is -2.34. The first-order chi connectivity index (χ1) is 13.5. The Morgan fingerprint density at radius 3 is 2.46 bits per heavy atom. The molecule has 0 radical (unpaired) electrons. The van der Waals surface area contributed by atoms with E-state index in [-0.39, 0.29) is 5.78 Å². The van der Waals surface area contributed by atoms with Crippen LogP contribution in [-0.4, -0.2) is 43.1 Å². The third-order valence-corrected chi connectivity index (χ3v) is 6.48. The average Bonchev–Trinajstić information content (AvgIpc) is 2.96. The zero-order chi connectivity index (χ0) is 19.8. The Morgan fingerprint density at radius 2 is 1.71 bits per heavy atom. The molecule has 0 bridgehead atoms. The van der Waals surface area contributed by atoms with Gasteiger partial charge in [0.2, 0.25) is 5.78 Å². The van der Waals surface area contributed by atoms with Crippen molar-refractivity contribution in [2.45, 2.75) is 20.8 Å². The molecule has 1 N–H and O–H groups in total. The zero-order valence-electron chi connectivity index (χ0n) is 17.4. The molecule has 4 nitrogen and oxygen atoms in total. The minimum atomic E-state index is 0.268. The number of aromatic nitrogens is 1. The molecule has 0 saturated carbocycles. The van der Waals surface area contributed by atoms with Crippen LogP contribution >= 0.6 is 0 Å². The van der Waals surface area contributed by atoms with Crippen molar-refractivity contribution in [3.05, 3.63) is 64.8 Å². The maximum absolute atomic E-state index is 13.2. The molecule has 3 aromatic rings. The molecule has 1 fully saturated rings. The van der Waals surface area contributed by atoms with Crippen LogP contribution in [-0.2, 0) is 7.05 Å². The summed E-state index contributed by atoms with van der Waals surface area (Å²) in [4.78, 5) is 17.0. The van der Waals surface area contributed by atoms with Crippen LogP contribution in [0.25, 0.3) is 10.9 Å². The molecule has 0 unspecified atom stereocenters. The van der Waals surface area contributed by atoms with Crippen molar-refractivity contribution in [3.8, 4) is 0 Å². The van der Waals surface area contributed by atoms with Crippen molar-refractivity contribution in [3.63, 3.8) is 0 Å². The number of nitrogens with one attached hydrogen (secondary N) is 1. The van der Waals surface area contributed by atoms with E-state index in [9.17, 15) is 4.79 Å². The normalized spacial score (nSPS) is 15.4. The number of hydrogen-bond donors (Lipinski definition) is 1. The standard InChI is InChI=1S/C24H29N3O/c1-17-8-7-11-21(18(17)2)27-14-12-26(13-15-27)16-23(28)24-19(3)25(4)22-10-6-5-9-20(22)24/h5-11H,12-16H2,1-4H3/p+1. The Hall–Kier alpha value is -2.59. The third kappa shape index (κ3) is 3.22. The molecular weight excluding hydrogens is 346 g/mol. The van der Waals surface area contributed by atoms with Crippen molar-refractivity contribution in [2.24, 2.45) is 7.05 Å². The van der Waals surface area contributed by atoms with E-state index in [1.165, 1.54) is 21.7 Å². The lowest BCUT2D eigenvalue weighted by atomic mass is 10.1. The van der Waals surface area contributed by atoms with Gasteiger partial charge in [0.1, 0.15) is 6.54 Å². The smallest absolute Gasteiger partial charge is 0.219 e. The highest BCUT2D eigenvalue weighted by Gasteiger charge is 2.26. The van der Waals surface area contributed by atoms with Crippen LogP contribution in [0.4, 0.5) is 5.69 Å². The van der Waals surface area contributed by atoms with Crippen LogP contribution in [0.5, 0.6) is 0 Å². The maximum atomic E-state index is 13.2. The first-order valence-corrected chi connectivity index (χ1v) is 10.2. The third-order valence-electron chi connectivity index (χ3n) is 6.48. The van der Waals surface area contributed by atoms with E-state index in [4.69, 9.17) is 0 Å². The number of hydrogen-bond acceptors (Lipinski definition) is 2. The van der Waals surface area contributed by atoms with Crippen LogP contribution in [0.15, 0.2) is 42.5 Å². The summed E-state index contributed by atoms with van der Waals surface area (Å²) < 4.78 is 2.14. The molecule has 28 heavy (non-hydrogen) atoms. The van der Waals surface area contributed by atoms with Gasteiger partial charge in [-0.15, -0.1) is 0 Å². The Labute approximate surface area is 167 Å². The van der Waals surface area contributed by atoms with Gasteiger partial charge in [-0.05, 0) is 44.0 Å². The molecule has 0 atom stereocenters. The molecule has 0 spiro atoms. The topological polar surface area (TPSA) is 29.7 Å². The number of rotatable bonds is 4. The second kappa shape index (κ2) is 7.44. The summed E-state index contributed by atoms with van der Waals surface area (Å²) in [6.07, 6.45) is 0. The number of anilines is 1. The van der Waals surface area contributed by atoms with E-state index in [1.54, 1.807) is 0 Å². The quantitative estimate of drug-likeness (QED) is 0.710. The Morgan fingerprint density at radius 1 is 1.00 bits per heavy atom. The van der Waals surface area contributed by atoms with Gasteiger partial charge < -0.3 is 14.4 Å². The lowest BCUT2D eigenvalue weighted by molar-refractivity contribution is -0.892. The summed E-state index contributed by atoms with van der Waals surface area (Å²) in [6, 6.07) is 14.8. The van der Waals surface area contributed by atoms with E-state index >= 15 is 0 Å². The maximum Gasteiger partial charge on any atom is 0.219 e. The average molecular weight is 377 g/mol. The van der Waals surface area contributed by atoms with Gasteiger partial charge in [-0.25, -0.2) is 0 Å². The highest BCUT2D eigenvalue weighted by atomic mass is 16.1. The molecular formula is C24H30N3O+. The first kappa shape index (κ1) is 18.8. The first-order valence-electron chi connectivity index (χ1n) is 10.2. The molecule has 1 aliphatic heterocycles. The van der Waals surface area contributed by atoms with Crippen molar-refractivity contribution in [1.29, 1.82) is 0 Å². The van der Waals surface area contributed by atoms with E-state index < -0.39 is 0 Å². The number of carbonyl (C=O) groups is 1. The van der Waals surface area contributed by atoms with Gasteiger partial charge in [-0.3, -0.25) is 4.79 Å². The number of quaternary nitrogens is 1. The van der Waals surface area contributed by atoms with Gasteiger partial charge in [0, 0.05) is 29.3 Å². The number of benzene rings is 2. The zero-order valence-corrected chi connectivity index (χ0v) is 17.4. The second-order valence-electron chi connectivity index (χ2n) is 8.09. The molecule has 146 valence electrons. The van der Waals surface area contributed by atoms with E-state index in [2.05, 4.69) is 60.6 Å². The monoisotopic (exact) mass is 376 g/mol. The molecule has 2 heterocycles. The van der Waals surface area contributed by atoms with Crippen LogP contribution in [0.2, 0.25) is 0 Å². The fourth-order valence-electron chi connectivity index (χ4n) is 4.51. The van der Waals surface area contributed by atoms with Crippen molar-refractivity contribution < 1.29 is 9.69 Å². The summed E-state index contributed by atoms with van der Waals surface area (Å²) in [5.41, 5.74) is 7.16. The summed E-state index contributed by atoms with van der Waals surface area (Å²) in [6.45, 7) is 11.0. The van der Waals surface area contributed by atoms with Gasteiger partial charge in [-0.2, -0.15) is 0 Å². The van der Waals surface area contributed by atoms with Gasteiger partial charge in [0.05, 0.1) is 31.7 Å². The number of para-hydroxylation sites is 1. The predicted octanol–water partition coefficient (Wildman–Crippen LogP) is 2.69. The molecule has 4 rings (SSSR count). The lowest BCUT2D eigenvalue weighted by Crippen LogP contribution is -3.15. The van der Waals surface area contributed by atoms with Crippen molar-refractivity contribution in [2.75, 3.05) is 37.6 Å². The van der Waals surface area contributed by atoms with Crippen LogP contribution in [0.1, 0.15) is 27.2 Å². The van der Waals surface area contributed by atoms with Crippen molar-refractivity contribution in [1.82, 2.24) is 4.57 Å². The Balaban J connectivity index is 1.46. The van der Waals surface area contributed by atoms with Gasteiger partial charge in [0.25, 0.3) is 0 Å². The fourth-order valence-corrected chi connectivity index (χ4v) is 4.51. The second-order valence-corrected chi connectivity index (χ2v) is 8.09. The number of nitrogens with zero attached hydrogens (tertiary/aromatic N) is 2. The molecule has 1 saturated heterocycles. The molecule has 4 heteroatoms. The van der Waals surface area contributed by atoms with Gasteiger partial charge in [-0.1, -0.05) is 30.3 Å². The Bertz CT molecular complexity index is 1030. The highest BCUT2D eigenvalue weighted by molar-refractivity contribution is 6.10. The number of aryl methyl sites for hydroxylation is 2. The molecule has 1 aromatic heterocycles. The molecule has 2 aromatic carbocycles. The molecule has 1 aliphatic rings. The number of Topliss-reactive ketones (excluding diaryl/α,β-unsaturated/α-hetero) is 1. The van der Waals surface area contributed by atoms with E-state index in [1.807, 2.05) is 19.2 Å². The minimum absolute atomic E-state index is 0.268. The number of fused-ring (bicyclic) bond motifs is 1. The van der Waals surface area contributed by atoms with Crippen LogP contribution in [0, 0.1) is 20.8 Å². The number of piperazine rings is 1. The van der Waals surface area contributed by atoms with Crippen LogP contribution < -0.4 is 9.80 Å². The summed E-state index contributed by atoms with van der Waals surface area (Å²) >= 11 is 0. The van der Waals surface area contributed by atoms with E-state index in [0.717, 1.165) is 48.3 Å². The SMILES string of the molecule is Cc1cccc(N2CC[NH+](CC(=O)c3c(C)n(C)c4ccccc34)CC2)c1C. The molecule has 0 aliphatic carbocycles. The van der Waals surface area contributed by atoms with Gasteiger partial charge >= 0.3 is 0 Å². The largest absolute Gasteiger partial charge is 0.360 e. The highest BCUT2D eigenvalue weighted by Crippen LogP contribution is 2.25. The summed E-state index contributed by atoms with van der Waals surface area (Å²) in [5.74, 6) is 0.268. The van der Waals surface area contributed by atoms with Crippen LogP contribution in [0.3, 0.4) is 0 Å². The Kier molecular flexibility index (Phi) is 4.98. The molecule has 0 amide bonds. The van der Waals surface area contributed by atoms with Crippen molar-refractivity contribution >= 4 is 22.4 Å². The minimum Gasteiger partial charge on any atom is -0.360 e. The van der Waals surface area contributed by atoms with E-state index in [0.29, 0.717) is 6.54 Å². The predicted molar refractivity (Wildman–Crippen MR) is 116 cm³/mol. The number of ketones is 1. The number of carbonyl (C=O) groups excluding carboxylic acids is 1. The summed E-state index contributed by atoms with van der Waals surface area (Å²) in [5, 5.41) is 1.08. The summed E-state index contributed by atoms with van der Waals surface area (Å²) in [7, 11) is 2.05.